The van der Waals surface area contributed by atoms with Crippen LogP contribution in [0.2, 0.25) is 5.02 Å². The number of para-hydroxylation sites is 3. The lowest BCUT2D eigenvalue weighted by atomic mass is 10.3. The fraction of sp³-hybridized carbons (Fsp3) is 0.0435. The van der Waals surface area contributed by atoms with Gasteiger partial charge in [-0.3, -0.25) is 0 Å². The topological polar surface area (TPSA) is 88.4 Å². The van der Waals surface area contributed by atoms with Gasteiger partial charge in [0.2, 0.25) is 5.88 Å². The Bertz CT molecular complexity index is 1220. The van der Waals surface area contributed by atoms with E-state index >= 15 is 0 Å². The van der Waals surface area contributed by atoms with Crippen LogP contribution in [0.1, 0.15) is 5.69 Å². The number of phenols is 1. The van der Waals surface area contributed by atoms with Gasteiger partial charge < -0.3 is 20.5 Å². The maximum absolute atomic E-state index is 12.4. The van der Waals surface area contributed by atoms with Crippen molar-refractivity contribution < 1.29 is 14.6 Å². The predicted octanol–water partition coefficient (Wildman–Crippen LogP) is 5.98. The second kappa shape index (κ2) is 8.81. The van der Waals surface area contributed by atoms with Crippen LogP contribution in [0.5, 0.6) is 17.4 Å². The Morgan fingerprint density at radius 2 is 1.71 bits per heavy atom. The van der Waals surface area contributed by atoms with Crippen molar-refractivity contribution in [2.75, 3.05) is 10.6 Å². The summed E-state index contributed by atoms with van der Waals surface area (Å²) >= 11 is 6.33. The normalized spacial score (nSPS) is 10.5. The highest BCUT2D eigenvalue weighted by Gasteiger charge is 2.15. The van der Waals surface area contributed by atoms with Gasteiger partial charge >= 0.3 is 6.03 Å². The summed E-state index contributed by atoms with van der Waals surface area (Å²) in [6.45, 7) is 1.86. The van der Waals surface area contributed by atoms with Crippen molar-refractivity contribution in [2.45, 2.75) is 6.92 Å². The zero-order valence-corrected chi connectivity index (χ0v) is 17.3. The summed E-state index contributed by atoms with van der Waals surface area (Å²) in [6, 6.07) is 21.9. The highest BCUT2D eigenvalue weighted by molar-refractivity contribution is 6.32. The molecule has 2 amide bonds. The van der Waals surface area contributed by atoms with Crippen molar-refractivity contribution in [3.63, 3.8) is 0 Å². The number of aromatic nitrogens is 2. The molecule has 3 N–H and O–H groups in total. The molecule has 4 aromatic rings. The first-order valence-electron chi connectivity index (χ1n) is 9.45. The van der Waals surface area contributed by atoms with Gasteiger partial charge in [0.25, 0.3) is 0 Å². The number of anilines is 2. The fourth-order valence-electron chi connectivity index (χ4n) is 2.95. The quantitative estimate of drug-likeness (QED) is 0.337. The number of hydrogen-bond donors (Lipinski definition) is 3. The number of amides is 2. The van der Waals surface area contributed by atoms with Crippen LogP contribution in [0.4, 0.5) is 16.2 Å². The number of nitrogens with one attached hydrogen (secondary N) is 2. The maximum atomic E-state index is 12.4. The van der Waals surface area contributed by atoms with E-state index in [9.17, 15) is 9.90 Å². The molecule has 0 saturated heterocycles. The number of nitrogens with zero attached hydrogens (tertiary/aromatic N) is 2. The Morgan fingerprint density at radius 1 is 1.00 bits per heavy atom. The average molecular weight is 435 g/mol. The minimum absolute atomic E-state index is 0.120. The van der Waals surface area contributed by atoms with Gasteiger partial charge in [-0.2, -0.15) is 9.78 Å². The number of rotatable bonds is 5. The number of carbonyl (C=O) groups excluding carboxylic acids is 1. The van der Waals surface area contributed by atoms with Gasteiger partial charge in [-0.15, -0.1) is 0 Å². The number of halogens is 1. The van der Waals surface area contributed by atoms with Gasteiger partial charge in [0.1, 0.15) is 5.75 Å². The van der Waals surface area contributed by atoms with Gasteiger partial charge in [-0.25, -0.2) is 4.79 Å². The zero-order chi connectivity index (χ0) is 21.8. The number of urea groups is 1. The van der Waals surface area contributed by atoms with Gasteiger partial charge in [0, 0.05) is 11.8 Å². The van der Waals surface area contributed by atoms with Crippen LogP contribution in [-0.2, 0) is 0 Å². The number of ether oxygens (including phenoxy) is 1. The summed E-state index contributed by atoms with van der Waals surface area (Å²) < 4.78 is 7.72. The number of aromatic hydroxyl groups is 1. The first-order chi connectivity index (χ1) is 15.0. The van der Waals surface area contributed by atoms with Crippen LogP contribution < -0.4 is 15.4 Å². The van der Waals surface area contributed by atoms with E-state index in [-0.39, 0.29) is 5.75 Å². The van der Waals surface area contributed by atoms with Gasteiger partial charge in [0.15, 0.2) is 5.75 Å². The Kier molecular flexibility index (Phi) is 5.77. The molecule has 0 aliphatic rings. The zero-order valence-electron chi connectivity index (χ0n) is 16.5. The molecule has 1 heterocycles. The minimum atomic E-state index is -0.447. The molecule has 1 aromatic heterocycles. The monoisotopic (exact) mass is 434 g/mol. The molecule has 0 radical (unpaired) electrons. The van der Waals surface area contributed by atoms with Crippen molar-refractivity contribution in [2.24, 2.45) is 0 Å². The summed E-state index contributed by atoms with van der Waals surface area (Å²) in [5.74, 6) is 1.02. The highest BCUT2D eigenvalue weighted by Crippen LogP contribution is 2.32. The average Bonchev–Trinajstić information content (AvgIpc) is 3.11. The number of hydrogen-bond acceptors (Lipinski definition) is 4. The van der Waals surface area contributed by atoms with E-state index in [0.717, 1.165) is 5.69 Å². The third-order valence-corrected chi connectivity index (χ3v) is 4.67. The maximum Gasteiger partial charge on any atom is 0.323 e. The van der Waals surface area contributed by atoms with Crippen molar-refractivity contribution in [3.8, 4) is 23.1 Å². The molecule has 0 spiro atoms. The predicted molar refractivity (Wildman–Crippen MR) is 121 cm³/mol. The van der Waals surface area contributed by atoms with Gasteiger partial charge in [-0.1, -0.05) is 35.9 Å². The number of benzene rings is 3. The lowest BCUT2D eigenvalue weighted by molar-refractivity contribution is 0.262. The van der Waals surface area contributed by atoms with Crippen LogP contribution in [0.25, 0.3) is 5.69 Å². The van der Waals surface area contributed by atoms with Crippen LogP contribution >= 0.6 is 11.6 Å². The molecular weight excluding hydrogens is 416 g/mol. The van der Waals surface area contributed by atoms with Crippen molar-refractivity contribution in [1.82, 2.24) is 9.78 Å². The molecule has 0 aliphatic heterocycles. The van der Waals surface area contributed by atoms with E-state index in [2.05, 4.69) is 15.7 Å². The van der Waals surface area contributed by atoms with E-state index in [4.69, 9.17) is 16.3 Å². The second-order valence-electron chi connectivity index (χ2n) is 6.71. The van der Waals surface area contributed by atoms with E-state index < -0.39 is 6.03 Å². The summed E-state index contributed by atoms with van der Waals surface area (Å²) in [7, 11) is 0. The smallest absolute Gasteiger partial charge is 0.323 e. The van der Waals surface area contributed by atoms with Gasteiger partial charge in [0.05, 0.1) is 22.1 Å². The van der Waals surface area contributed by atoms with Gasteiger partial charge in [-0.05, 0) is 55.5 Å². The summed E-state index contributed by atoms with van der Waals surface area (Å²) in [6.07, 6.45) is 0. The Hall–Kier alpha value is -3.97. The Morgan fingerprint density at radius 3 is 2.48 bits per heavy atom. The van der Waals surface area contributed by atoms with E-state index in [0.29, 0.717) is 33.7 Å². The van der Waals surface area contributed by atoms with Crippen molar-refractivity contribution >= 4 is 29.0 Å². The fourth-order valence-corrected chi connectivity index (χ4v) is 3.16. The third kappa shape index (κ3) is 4.79. The van der Waals surface area contributed by atoms with E-state index in [1.165, 1.54) is 12.1 Å². The molecule has 4 rings (SSSR count). The summed E-state index contributed by atoms with van der Waals surface area (Å²) in [4.78, 5) is 12.4. The molecule has 31 heavy (non-hydrogen) atoms. The van der Waals surface area contributed by atoms with Crippen molar-refractivity contribution in [3.05, 3.63) is 89.6 Å². The first kappa shape index (κ1) is 20.3. The minimum Gasteiger partial charge on any atom is -0.508 e. The van der Waals surface area contributed by atoms with E-state index in [1.54, 1.807) is 53.2 Å². The summed E-state index contributed by atoms with van der Waals surface area (Å²) in [5.41, 5.74) is 2.46. The van der Waals surface area contributed by atoms with Crippen LogP contribution in [0.3, 0.4) is 0 Å². The highest BCUT2D eigenvalue weighted by atomic mass is 35.5. The first-order valence-corrected chi connectivity index (χ1v) is 9.83. The molecular formula is C23H19ClN4O3. The van der Waals surface area contributed by atoms with Crippen LogP contribution in [-0.4, -0.2) is 20.9 Å². The summed E-state index contributed by atoms with van der Waals surface area (Å²) in [5, 5.41) is 19.9. The SMILES string of the molecule is Cc1cc(Oc2ccccc2NC(=O)Nc2ccc(O)cc2)n(-c2ccccc2Cl)n1. The number of carbonyl (C=O) groups is 1. The Labute approximate surface area is 183 Å². The molecule has 0 atom stereocenters. The molecule has 156 valence electrons. The lowest BCUT2D eigenvalue weighted by Crippen LogP contribution is -2.19. The van der Waals surface area contributed by atoms with Crippen LogP contribution in [0.15, 0.2) is 78.9 Å². The molecule has 0 saturated carbocycles. The lowest BCUT2D eigenvalue weighted by Gasteiger charge is -2.14. The largest absolute Gasteiger partial charge is 0.508 e. The molecule has 3 aromatic carbocycles. The molecule has 0 bridgehead atoms. The van der Waals surface area contributed by atoms with E-state index in [1.807, 2.05) is 25.1 Å². The number of aryl methyl sites for hydroxylation is 1. The third-order valence-electron chi connectivity index (χ3n) is 4.35. The standard InChI is InChI=1S/C23H19ClN4O3/c1-15-14-22(28(27-15)20-8-4-2-6-18(20)24)31-21-9-5-3-7-19(21)26-23(30)25-16-10-12-17(29)13-11-16/h2-14,29H,1H3,(H2,25,26,30). The number of phenolic OH excluding ortho intramolecular Hbond substituents is 1. The molecule has 8 heteroatoms. The molecule has 0 unspecified atom stereocenters. The Balaban J connectivity index is 1.57. The second-order valence-corrected chi connectivity index (χ2v) is 7.12. The molecule has 0 aliphatic carbocycles. The molecule has 0 fully saturated rings. The van der Waals surface area contributed by atoms with Crippen LogP contribution in [0, 0.1) is 6.92 Å². The van der Waals surface area contributed by atoms with Crippen molar-refractivity contribution in [1.29, 1.82) is 0 Å². The molecule has 7 nitrogen and oxygen atoms in total.